The van der Waals surface area contributed by atoms with Crippen LogP contribution in [0.3, 0.4) is 0 Å². The zero-order chi connectivity index (χ0) is 16.1. The second-order valence-corrected chi connectivity index (χ2v) is 6.05. The fourth-order valence-corrected chi connectivity index (χ4v) is 2.07. The molecule has 1 saturated heterocycles. The van der Waals surface area contributed by atoms with Gasteiger partial charge in [0.2, 0.25) is 0 Å². The van der Waals surface area contributed by atoms with E-state index in [0.717, 1.165) is 6.07 Å². The van der Waals surface area contributed by atoms with Gasteiger partial charge in [0, 0.05) is 5.56 Å². The van der Waals surface area contributed by atoms with Crippen molar-refractivity contribution in [1.29, 1.82) is 0 Å². The van der Waals surface area contributed by atoms with Gasteiger partial charge in [-0.05, 0) is 39.2 Å². The highest BCUT2D eigenvalue weighted by Crippen LogP contribution is 2.38. The Morgan fingerprint density at radius 2 is 1.62 bits per heavy atom. The van der Waals surface area contributed by atoms with Crippen molar-refractivity contribution >= 4 is 18.9 Å². The lowest BCUT2D eigenvalue weighted by Crippen LogP contribution is -2.41. The highest BCUT2D eigenvalue weighted by Gasteiger charge is 2.53. The molecule has 2 rings (SSSR count). The molecule has 3 nitrogen and oxygen atoms in total. The van der Waals surface area contributed by atoms with Gasteiger partial charge >= 0.3 is 13.3 Å². The Hall–Kier alpha value is -1.34. The number of halogens is 3. The van der Waals surface area contributed by atoms with E-state index in [2.05, 4.69) is 0 Å². The molecule has 0 aliphatic carbocycles. The first-order valence-corrected chi connectivity index (χ1v) is 6.50. The first-order chi connectivity index (χ1) is 9.48. The summed E-state index contributed by atoms with van der Waals surface area (Å²) in [5.74, 6) is 0. The Morgan fingerprint density at radius 3 is 2.05 bits per heavy atom. The quantitative estimate of drug-likeness (QED) is 0.622. The van der Waals surface area contributed by atoms with Gasteiger partial charge in [0.25, 0.3) is 0 Å². The van der Waals surface area contributed by atoms with Crippen LogP contribution in [-0.2, 0) is 15.5 Å². The number of alkyl halides is 3. The summed E-state index contributed by atoms with van der Waals surface area (Å²) in [5.41, 5.74) is -2.53. The number of carbonyl (C=O) groups is 1. The van der Waals surface area contributed by atoms with Gasteiger partial charge in [-0.25, -0.2) is 0 Å². The molecule has 0 spiro atoms. The van der Waals surface area contributed by atoms with Crippen LogP contribution in [0.15, 0.2) is 18.2 Å². The highest BCUT2D eigenvalue weighted by molar-refractivity contribution is 6.62. The van der Waals surface area contributed by atoms with Crippen LogP contribution in [0.5, 0.6) is 0 Å². The predicted octanol–water partition coefficient (Wildman–Crippen LogP) is 2.82. The maximum Gasteiger partial charge on any atom is 0.495 e. The molecule has 0 unspecified atom stereocenters. The van der Waals surface area contributed by atoms with Crippen molar-refractivity contribution in [3.63, 3.8) is 0 Å². The van der Waals surface area contributed by atoms with Crippen LogP contribution in [0.4, 0.5) is 13.2 Å². The van der Waals surface area contributed by atoms with Crippen LogP contribution in [0.25, 0.3) is 0 Å². The average molecular weight is 300 g/mol. The summed E-state index contributed by atoms with van der Waals surface area (Å²) in [6.07, 6.45) is -4.21. The van der Waals surface area contributed by atoms with Gasteiger partial charge in [-0.2, -0.15) is 13.2 Å². The Morgan fingerprint density at radius 1 is 1.10 bits per heavy atom. The van der Waals surface area contributed by atoms with Crippen molar-refractivity contribution < 1.29 is 27.3 Å². The minimum Gasteiger partial charge on any atom is -0.399 e. The van der Waals surface area contributed by atoms with E-state index in [9.17, 15) is 18.0 Å². The van der Waals surface area contributed by atoms with Crippen LogP contribution in [-0.4, -0.2) is 24.6 Å². The number of hydrogen-bond donors (Lipinski definition) is 0. The zero-order valence-corrected chi connectivity index (χ0v) is 12.2. The second-order valence-electron chi connectivity index (χ2n) is 6.05. The molecular formula is C14H16BF3O3. The van der Waals surface area contributed by atoms with Crippen molar-refractivity contribution in [2.45, 2.75) is 45.1 Å². The molecule has 0 bridgehead atoms. The van der Waals surface area contributed by atoms with Crippen molar-refractivity contribution in [2.75, 3.05) is 0 Å². The van der Waals surface area contributed by atoms with Crippen molar-refractivity contribution in [1.82, 2.24) is 0 Å². The van der Waals surface area contributed by atoms with Gasteiger partial charge in [0.15, 0.2) is 0 Å². The summed E-state index contributed by atoms with van der Waals surface area (Å²) in [6, 6.07) is 3.37. The van der Waals surface area contributed by atoms with Crippen molar-refractivity contribution in [2.24, 2.45) is 0 Å². The first kappa shape index (κ1) is 16.0. The summed E-state index contributed by atoms with van der Waals surface area (Å²) >= 11 is 0. The molecule has 114 valence electrons. The Balaban J connectivity index is 2.48. The maximum absolute atomic E-state index is 13.2. The minimum absolute atomic E-state index is 0.0393. The summed E-state index contributed by atoms with van der Waals surface area (Å²) in [7, 11) is -1.12. The van der Waals surface area contributed by atoms with E-state index in [-0.39, 0.29) is 11.0 Å². The van der Waals surface area contributed by atoms with E-state index in [1.165, 1.54) is 12.1 Å². The molecule has 0 amide bonds. The van der Waals surface area contributed by atoms with Crippen LogP contribution in [0.1, 0.15) is 43.6 Å². The van der Waals surface area contributed by atoms with Crippen LogP contribution >= 0.6 is 0 Å². The van der Waals surface area contributed by atoms with Gasteiger partial charge in [-0.15, -0.1) is 0 Å². The fourth-order valence-electron chi connectivity index (χ4n) is 2.07. The third-order valence-electron chi connectivity index (χ3n) is 4.03. The molecule has 1 aromatic rings. The minimum atomic E-state index is -4.59. The fraction of sp³-hybridized carbons (Fsp3) is 0.500. The normalized spacial score (nSPS) is 20.6. The SMILES string of the molecule is CC1(C)OB(c2ccc(C=O)cc2C(F)(F)F)OC1(C)C. The molecule has 0 radical (unpaired) electrons. The summed E-state index contributed by atoms with van der Waals surface area (Å²) in [5, 5.41) is 0. The molecule has 0 saturated carbocycles. The van der Waals surface area contributed by atoms with Gasteiger partial charge in [0.1, 0.15) is 6.29 Å². The van der Waals surface area contributed by atoms with E-state index < -0.39 is 30.1 Å². The second kappa shape index (κ2) is 4.85. The highest BCUT2D eigenvalue weighted by atomic mass is 19.4. The standard InChI is InChI=1S/C14H16BF3O3/c1-12(2)13(3,4)21-15(20-12)11-6-5-9(8-19)7-10(11)14(16,17)18/h5-8H,1-4H3. The lowest BCUT2D eigenvalue weighted by atomic mass is 9.75. The van der Waals surface area contributed by atoms with Crippen LogP contribution in [0, 0.1) is 0 Å². The number of rotatable bonds is 2. The molecular weight excluding hydrogens is 284 g/mol. The zero-order valence-electron chi connectivity index (χ0n) is 12.2. The van der Waals surface area contributed by atoms with Crippen LogP contribution < -0.4 is 5.46 Å². The predicted molar refractivity (Wildman–Crippen MR) is 72.5 cm³/mol. The molecule has 1 aromatic carbocycles. The lowest BCUT2D eigenvalue weighted by molar-refractivity contribution is -0.136. The number of carbonyl (C=O) groups excluding carboxylic acids is 1. The molecule has 1 heterocycles. The molecule has 7 heteroatoms. The van der Waals surface area contributed by atoms with Gasteiger partial charge < -0.3 is 9.31 Å². The van der Waals surface area contributed by atoms with Gasteiger partial charge in [-0.1, -0.05) is 12.1 Å². The molecule has 1 aliphatic heterocycles. The molecule has 1 aliphatic rings. The van der Waals surface area contributed by atoms with Crippen molar-refractivity contribution in [3.8, 4) is 0 Å². The van der Waals surface area contributed by atoms with Crippen molar-refractivity contribution in [3.05, 3.63) is 29.3 Å². The monoisotopic (exact) mass is 300 g/mol. The number of benzene rings is 1. The number of aldehydes is 1. The Kier molecular flexibility index (Phi) is 3.70. The topological polar surface area (TPSA) is 35.5 Å². The van der Waals surface area contributed by atoms with E-state index in [4.69, 9.17) is 9.31 Å². The molecule has 0 N–H and O–H groups in total. The van der Waals surface area contributed by atoms with Gasteiger partial charge in [0.05, 0.1) is 16.8 Å². The van der Waals surface area contributed by atoms with Gasteiger partial charge in [-0.3, -0.25) is 4.79 Å². The van der Waals surface area contributed by atoms with E-state index in [1.807, 2.05) is 0 Å². The van der Waals surface area contributed by atoms with E-state index >= 15 is 0 Å². The van der Waals surface area contributed by atoms with E-state index in [1.54, 1.807) is 27.7 Å². The smallest absolute Gasteiger partial charge is 0.399 e. The number of hydrogen-bond acceptors (Lipinski definition) is 3. The third-order valence-corrected chi connectivity index (χ3v) is 4.03. The largest absolute Gasteiger partial charge is 0.495 e. The Bertz CT molecular complexity index is 551. The molecule has 21 heavy (non-hydrogen) atoms. The lowest BCUT2D eigenvalue weighted by Gasteiger charge is -2.32. The summed E-state index contributed by atoms with van der Waals surface area (Å²) in [6.45, 7) is 7.06. The molecule has 0 atom stereocenters. The first-order valence-electron chi connectivity index (χ1n) is 6.50. The summed E-state index contributed by atoms with van der Waals surface area (Å²) in [4.78, 5) is 10.7. The Labute approximate surface area is 121 Å². The maximum atomic E-state index is 13.2. The van der Waals surface area contributed by atoms with Crippen LogP contribution in [0.2, 0.25) is 0 Å². The average Bonchev–Trinajstić information content (AvgIpc) is 2.56. The molecule has 1 fully saturated rings. The third kappa shape index (κ3) is 2.85. The van der Waals surface area contributed by atoms with E-state index in [0.29, 0.717) is 6.29 Å². The summed E-state index contributed by atoms with van der Waals surface area (Å²) < 4.78 is 50.8. The molecule has 0 aromatic heterocycles.